The van der Waals surface area contributed by atoms with Gasteiger partial charge in [-0.05, 0) is 42.3 Å². The van der Waals surface area contributed by atoms with Gasteiger partial charge < -0.3 is 10.6 Å². The van der Waals surface area contributed by atoms with Gasteiger partial charge in [-0.25, -0.2) is 4.79 Å². The molecule has 0 unspecified atom stereocenters. The molecule has 2 aromatic carbocycles. The van der Waals surface area contributed by atoms with Gasteiger partial charge in [-0.2, -0.15) is 0 Å². The number of carbonyl (C=O) groups is 1. The number of urea groups is 1. The first-order chi connectivity index (χ1) is 9.54. The van der Waals surface area contributed by atoms with Crippen molar-refractivity contribution in [3.63, 3.8) is 0 Å². The van der Waals surface area contributed by atoms with Gasteiger partial charge >= 0.3 is 6.03 Å². The van der Waals surface area contributed by atoms with E-state index in [0.29, 0.717) is 22.3 Å². The molecule has 2 rings (SSSR count). The van der Waals surface area contributed by atoms with Crippen molar-refractivity contribution in [2.24, 2.45) is 0 Å². The molecule has 104 valence electrons. The van der Waals surface area contributed by atoms with E-state index < -0.39 is 0 Å². The number of benzene rings is 2. The molecule has 0 saturated heterocycles. The Labute approximate surface area is 127 Å². The van der Waals surface area contributed by atoms with E-state index in [-0.39, 0.29) is 6.03 Å². The maximum atomic E-state index is 11.8. The predicted molar refractivity (Wildman–Crippen MR) is 83.5 cm³/mol. The number of halogens is 2. The zero-order chi connectivity index (χ0) is 14.5. The third-order valence-corrected chi connectivity index (χ3v) is 3.26. The summed E-state index contributed by atoms with van der Waals surface area (Å²) in [5.74, 6) is 0. The summed E-state index contributed by atoms with van der Waals surface area (Å²) in [4.78, 5) is 11.8. The Balaban J connectivity index is 1.94. The summed E-state index contributed by atoms with van der Waals surface area (Å²) >= 11 is 11.8. The predicted octanol–water partition coefficient (Wildman–Crippen LogP) is 4.62. The van der Waals surface area contributed by atoms with Crippen molar-refractivity contribution in [1.82, 2.24) is 5.32 Å². The lowest BCUT2D eigenvalue weighted by Gasteiger charge is -2.10. The molecule has 2 amide bonds. The summed E-state index contributed by atoms with van der Waals surface area (Å²) in [5.41, 5.74) is 2.59. The fraction of sp³-hybridized carbons (Fsp3) is 0.133. The first-order valence-electron chi connectivity index (χ1n) is 6.10. The van der Waals surface area contributed by atoms with Gasteiger partial charge in [0.05, 0.1) is 0 Å². The van der Waals surface area contributed by atoms with Gasteiger partial charge in [0.2, 0.25) is 0 Å². The second-order valence-corrected chi connectivity index (χ2v) is 5.27. The molecule has 0 aliphatic carbocycles. The fourth-order valence-corrected chi connectivity index (χ4v) is 2.11. The van der Waals surface area contributed by atoms with E-state index in [9.17, 15) is 4.79 Å². The van der Waals surface area contributed by atoms with Gasteiger partial charge in [0, 0.05) is 22.3 Å². The van der Waals surface area contributed by atoms with Crippen LogP contribution in [0.2, 0.25) is 10.0 Å². The Hall–Kier alpha value is -1.71. The van der Waals surface area contributed by atoms with Crippen molar-refractivity contribution in [3.05, 3.63) is 63.6 Å². The average molecular weight is 309 g/mol. The van der Waals surface area contributed by atoms with Crippen LogP contribution in [0, 0.1) is 6.92 Å². The maximum Gasteiger partial charge on any atom is 0.319 e. The first kappa shape index (κ1) is 14.7. The van der Waals surface area contributed by atoms with Crippen LogP contribution in [0.3, 0.4) is 0 Å². The Morgan fingerprint density at radius 2 is 1.85 bits per heavy atom. The van der Waals surface area contributed by atoms with Gasteiger partial charge in [0.1, 0.15) is 0 Å². The molecular weight excluding hydrogens is 295 g/mol. The van der Waals surface area contributed by atoms with Gasteiger partial charge in [-0.15, -0.1) is 0 Å². The van der Waals surface area contributed by atoms with Crippen molar-refractivity contribution >= 4 is 34.9 Å². The number of hydrogen-bond donors (Lipinski definition) is 2. The van der Waals surface area contributed by atoms with Gasteiger partial charge in [0.15, 0.2) is 0 Å². The number of anilines is 1. The molecule has 0 spiro atoms. The molecule has 0 fully saturated rings. The first-order valence-corrected chi connectivity index (χ1v) is 6.85. The number of hydrogen-bond acceptors (Lipinski definition) is 1. The molecule has 5 heteroatoms. The van der Waals surface area contributed by atoms with Gasteiger partial charge in [-0.3, -0.25) is 0 Å². The van der Waals surface area contributed by atoms with E-state index in [1.165, 1.54) is 0 Å². The molecule has 0 atom stereocenters. The van der Waals surface area contributed by atoms with E-state index in [1.807, 2.05) is 31.2 Å². The minimum atomic E-state index is -0.282. The highest BCUT2D eigenvalue weighted by Crippen LogP contribution is 2.20. The topological polar surface area (TPSA) is 41.1 Å². The molecule has 0 heterocycles. The zero-order valence-electron chi connectivity index (χ0n) is 10.9. The summed E-state index contributed by atoms with van der Waals surface area (Å²) in [6.45, 7) is 2.31. The van der Waals surface area contributed by atoms with Crippen molar-refractivity contribution in [3.8, 4) is 0 Å². The summed E-state index contributed by atoms with van der Waals surface area (Å²) < 4.78 is 0. The minimum absolute atomic E-state index is 0.282. The smallest absolute Gasteiger partial charge is 0.319 e. The number of nitrogens with one attached hydrogen (secondary N) is 2. The van der Waals surface area contributed by atoms with Crippen LogP contribution in [0.15, 0.2) is 42.5 Å². The standard InChI is InChI=1S/C15H14Cl2N2O/c1-10-5-6-13(17)8-14(10)19-15(20)18-9-11-3-2-4-12(16)7-11/h2-8H,9H2,1H3,(H2,18,19,20). The Bertz CT molecular complexity index is 629. The van der Waals surface area contributed by atoms with Crippen LogP contribution in [0.1, 0.15) is 11.1 Å². The Morgan fingerprint density at radius 3 is 2.60 bits per heavy atom. The summed E-state index contributed by atoms with van der Waals surface area (Å²) in [5, 5.41) is 6.77. The van der Waals surface area contributed by atoms with Crippen LogP contribution in [-0.4, -0.2) is 6.03 Å². The number of rotatable bonds is 3. The highest BCUT2D eigenvalue weighted by molar-refractivity contribution is 6.31. The lowest BCUT2D eigenvalue weighted by molar-refractivity contribution is 0.251. The van der Waals surface area contributed by atoms with Crippen molar-refractivity contribution in [2.75, 3.05) is 5.32 Å². The van der Waals surface area contributed by atoms with Gasteiger partial charge in [-0.1, -0.05) is 41.4 Å². The van der Waals surface area contributed by atoms with Gasteiger partial charge in [0.25, 0.3) is 0 Å². The summed E-state index contributed by atoms with van der Waals surface area (Å²) in [6, 6.07) is 12.4. The van der Waals surface area contributed by atoms with Crippen LogP contribution in [-0.2, 0) is 6.54 Å². The van der Waals surface area contributed by atoms with Crippen LogP contribution in [0.5, 0.6) is 0 Å². The normalized spacial score (nSPS) is 10.2. The third kappa shape index (κ3) is 4.15. The highest BCUT2D eigenvalue weighted by Gasteiger charge is 2.05. The monoisotopic (exact) mass is 308 g/mol. The Morgan fingerprint density at radius 1 is 1.10 bits per heavy atom. The second-order valence-electron chi connectivity index (χ2n) is 4.40. The Kier molecular flexibility index (Phi) is 4.88. The van der Waals surface area contributed by atoms with Crippen LogP contribution < -0.4 is 10.6 Å². The fourth-order valence-electron chi connectivity index (χ4n) is 1.72. The largest absolute Gasteiger partial charge is 0.334 e. The quantitative estimate of drug-likeness (QED) is 0.853. The molecular formula is C15H14Cl2N2O. The summed E-state index contributed by atoms with van der Waals surface area (Å²) in [6.07, 6.45) is 0. The molecule has 2 aromatic rings. The van der Waals surface area contributed by atoms with E-state index in [4.69, 9.17) is 23.2 Å². The van der Waals surface area contributed by atoms with Crippen molar-refractivity contribution < 1.29 is 4.79 Å². The van der Waals surface area contributed by atoms with Crippen LogP contribution >= 0.6 is 23.2 Å². The van der Waals surface area contributed by atoms with Crippen LogP contribution in [0.4, 0.5) is 10.5 Å². The molecule has 0 aromatic heterocycles. The third-order valence-electron chi connectivity index (χ3n) is 2.79. The van der Waals surface area contributed by atoms with Crippen LogP contribution in [0.25, 0.3) is 0 Å². The van der Waals surface area contributed by atoms with E-state index >= 15 is 0 Å². The van der Waals surface area contributed by atoms with Crippen molar-refractivity contribution in [2.45, 2.75) is 13.5 Å². The number of amides is 2. The average Bonchev–Trinajstić information content (AvgIpc) is 2.41. The lowest BCUT2D eigenvalue weighted by atomic mass is 10.2. The minimum Gasteiger partial charge on any atom is -0.334 e. The number of carbonyl (C=O) groups excluding carboxylic acids is 1. The molecule has 2 N–H and O–H groups in total. The van der Waals surface area contributed by atoms with E-state index in [1.54, 1.807) is 18.2 Å². The SMILES string of the molecule is Cc1ccc(Cl)cc1NC(=O)NCc1cccc(Cl)c1. The number of aryl methyl sites for hydroxylation is 1. The van der Waals surface area contributed by atoms with E-state index in [0.717, 1.165) is 11.1 Å². The van der Waals surface area contributed by atoms with E-state index in [2.05, 4.69) is 10.6 Å². The molecule has 3 nitrogen and oxygen atoms in total. The zero-order valence-corrected chi connectivity index (χ0v) is 12.4. The van der Waals surface area contributed by atoms with Crippen molar-refractivity contribution in [1.29, 1.82) is 0 Å². The molecule has 20 heavy (non-hydrogen) atoms. The second kappa shape index (κ2) is 6.64. The molecule has 0 bridgehead atoms. The highest BCUT2D eigenvalue weighted by atomic mass is 35.5. The molecule has 0 aliphatic heterocycles. The molecule has 0 saturated carbocycles. The maximum absolute atomic E-state index is 11.8. The summed E-state index contributed by atoms with van der Waals surface area (Å²) in [7, 11) is 0. The molecule has 0 radical (unpaired) electrons. The molecule has 0 aliphatic rings. The lowest BCUT2D eigenvalue weighted by Crippen LogP contribution is -2.28.